The highest BCUT2D eigenvalue weighted by molar-refractivity contribution is 5.86. The number of phenolic OH excluding ortho intramolecular Hbond substituents is 1. The summed E-state index contributed by atoms with van der Waals surface area (Å²) in [6, 6.07) is 19.8. The van der Waals surface area contributed by atoms with Gasteiger partial charge in [0.2, 0.25) is 11.8 Å². The van der Waals surface area contributed by atoms with Crippen LogP contribution in [0.2, 0.25) is 0 Å². The second-order valence-electron chi connectivity index (χ2n) is 9.33. The first kappa shape index (κ1) is 27.7. The Morgan fingerprint density at radius 3 is 2.56 bits per heavy atom. The van der Waals surface area contributed by atoms with Crippen LogP contribution in [-0.2, 0) is 16.0 Å². The van der Waals surface area contributed by atoms with Crippen LogP contribution in [-0.4, -0.2) is 60.6 Å². The van der Waals surface area contributed by atoms with E-state index in [4.69, 9.17) is 10.5 Å². The van der Waals surface area contributed by atoms with Crippen molar-refractivity contribution in [1.82, 2.24) is 10.2 Å². The van der Waals surface area contributed by atoms with E-state index in [0.29, 0.717) is 43.9 Å². The van der Waals surface area contributed by atoms with Gasteiger partial charge in [-0.05, 0) is 60.9 Å². The molecule has 0 radical (unpaired) electrons. The molecule has 1 atom stereocenters. The third kappa shape index (κ3) is 8.05. The van der Waals surface area contributed by atoms with Crippen molar-refractivity contribution >= 4 is 17.5 Å². The topological polar surface area (TPSA) is 108 Å². The largest absolute Gasteiger partial charge is 0.508 e. The minimum absolute atomic E-state index is 0.0104. The number of hydrogen-bond acceptors (Lipinski definition) is 6. The third-order valence-electron chi connectivity index (χ3n) is 6.43. The zero-order valence-corrected chi connectivity index (χ0v) is 21.6. The quantitative estimate of drug-likeness (QED) is 0.345. The SMILES string of the molecule is NC1C=CCN(C(=O)CN(CC(=O)NCCc2ccccc2O)c2ccc(Oc3ccccc3F)cc2)CC1. The Hall–Kier alpha value is -4.37. The van der Waals surface area contributed by atoms with Gasteiger partial charge in [-0.15, -0.1) is 0 Å². The Bertz CT molecular complexity index is 1300. The second kappa shape index (κ2) is 13.4. The molecule has 39 heavy (non-hydrogen) atoms. The molecule has 2 amide bonds. The number of benzene rings is 3. The average Bonchev–Trinajstić information content (AvgIpc) is 3.15. The lowest BCUT2D eigenvalue weighted by Crippen LogP contribution is -2.45. The fourth-order valence-corrected chi connectivity index (χ4v) is 4.25. The number of aromatic hydroxyl groups is 1. The summed E-state index contributed by atoms with van der Waals surface area (Å²) in [4.78, 5) is 29.5. The lowest BCUT2D eigenvalue weighted by molar-refractivity contribution is -0.129. The normalized spacial score (nSPS) is 14.9. The maximum atomic E-state index is 14.0. The number of carbonyl (C=O) groups excluding carboxylic acids is 2. The molecule has 0 saturated carbocycles. The fourth-order valence-electron chi connectivity index (χ4n) is 4.25. The number of para-hydroxylation sites is 2. The van der Waals surface area contributed by atoms with E-state index in [2.05, 4.69) is 5.32 Å². The van der Waals surface area contributed by atoms with Crippen molar-refractivity contribution in [2.24, 2.45) is 5.73 Å². The number of nitrogens with two attached hydrogens (primary N) is 1. The molecule has 3 aromatic rings. The van der Waals surface area contributed by atoms with E-state index in [1.165, 1.54) is 12.1 Å². The van der Waals surface area contributed by atoms with E-state index in [9.17, 15) is 19.1 Å². The molecule has 4 N–H and O–H groups in total. The molecule has 4 rings (SSSR count). The van der Waals surface area contributed by atoms with E-state index in [1.807, 2.05) is 18.2 Å². The first-order chi connectivity index (χ1) is 18.9. The number of nitrogens with one attached hydrogen (secondary N) is 1. The Morgan fingerprint density at radius 2 is 1.79 bits per heavy atom. The Balaban J connectivity index is 1.43. The van der Waals surface area contributed by atoms with Crippen molar-refractivity contribution in [2.45, 2.75) is 18.9 Å². The molecular weight excluding hydrogens is 499 g/mol. The van der Waals surface area contributed by atoms with E-state index in [0.717, 1.165) is 5.56 Å². The number of amides is 2. The number of halogens is 1. The molecular formula is C30H33FN4O4. The molecule has 0 aromatic heterocycles. The number of anilines is 1. The Kier molecular flexibility index (Phi) is 9.53. The second-order valence-corrected chi connectivity index (χ2v) is 9.33. The van der Waals surface area contributed by atoms with Gasteiger partial charge in [0, 0.05) is 31.4 Å². The molecule has 8 nitrogen and oxygen atoms in total. The first-order valence-electron chi connectivity index (χ1n) is 12.9. The molecule has 9 heteroatoms. The van der Waals surface area contributed by atoms with Crippen molar-refractivity contribution in [1.29, 1.82) is 0 Å². The zero-order valence-electron chi connectivity index (χ0n) is 21.6. The van der Waals surface area contributed by atoms with Crippen LogP contribution in [0.4, 0.5) is 10.1 Å². The highest BCUT2D eigenvalue weighted by atomic mass is 19.1. The lowest BCUT2D eigenvalue weighted by Gasteiger charge is -2.28. The first-order valence-corrected chi connectivity index (χ1v) is 12.9. The number of hydrogen-bond donors (Lipinski definition) is 3. The maximum absolute atomic E-state index is 14.0. The summed E-state index contributed by atoms with van der Waals surface area (Å²) >= 11 is 0. The van der Waals surface area contributed by atoms with Gasteiger partial charge in [-0.2, -0.15) is 0 Å². The molecule has 1 aliphatic rings. The van der Waals surface area contributed by atoms with Crippen LogP contribution in [0.5, 0.6) is 17.2 Å². The molecule has 0 aliphatic carbocycles. The minimum Gasteiger partial charge on any atom is -0.508 e. The van der Waals surface area contributed by atoms with Gasteiger partial charge in [0.15, 0.2) is 11.6 Å². The highest BCUT2D eigenvalue weighted by Crippen LogP contribution is 2.26. The van der Waals surface area contributed by atoms with Gasteiger partial charge in [0.25, 0.3) is 0 Å². The maximum Gasteiger partial charge on any atom is 0.242 e. The van der Waals surface area contributed by atoms with E-state index >= 15 is 0 Å². The lowest BCUT2D eigenvalue weighted by atomic mass is 10.1. The predicted molar refractivity (Wildman–Crippen MR) is 148 cm³/mol. The van der Waals surface area contributed by atoms with Crippen LogP contribution in [0, 0.1) is 5.82 Å². The predicted octanol–water partition coefficient (Wildman–Crippen LogP) is 3.60. The molecule has 0 bridgehead atoms. The van der Waals surface area contributed by atoms with Crippen molar-refractivity contribution in [3.05, 3.63) is 96.3 Å². The number of carbonyl (C=O) groups is 2. The Morgan fingerprint density at radius 1 is 1.05 bits per heavy atom. The van der Waals surface area contributed by atoms with Crippen molar-refractivity contribution in [2.75, 3.05) is 37.6 Å². The molecule has 0 fully saturated rings. The summed E-state index contributed by atoms with van der Waals surface area (Å²) in [6.07, 6.45) is 4.93. The van der Waals surface area contributed by atoms with Crippen molar-refractivity contribution in [3.8, 4) is 17.2 Å². The van der Waals surface area contributed by atoms with Crippen LogP contribution in [0.25, 0.3) is 0 Å². The molecule has 0 spiro atoms. The van der Waals surface area contributed by atoms with Crippen LogP contribution in [0.1, 0.15) is 12.0 Å². The monoisotopic (exact) mass is 532 g/mol. The number of phenols is 1. The highest BCUT2D eigenvalue weighted by Gasteiger charge is 2.21. The van der Waals surface area contributed by atoms with Gasteiger partial charge in [0.1, 0.15) is 11.5 Å². The summed E-state index contributed by atoms with van der Waals surface area (Å²) in [5.74, 6) is -0.143. The smallest absolute Gasteiger partial charge is 0.242 e. The van der Waals surface area contributed by atoms with Gasteiger partial charge in [-0.1, -0.05) is 42.5 Å². The van der Waals surface area contributed by atoms with Crippen LogP contribution in [0.15, 0.2) is 84.9 Å². The number of nitrogens with zero attached hydrogens (tertiary/aromatic N) is 2. The average molecular weight is 533 g/mol. The minimum atomic E-state index is -0.472. The molecule has 1 aliphatic heterocycles. The van der Waals surface area contributed by atoms with Gasteiger partial charge in [-0.25, -0.2) is 4.39 Å². The van der Waals surface area contributed by atoms with E-state index in [-0.39, 0.29) is 42.4 Å². The molecule has 3 aromatic carbocycles. The summed E-state index contributed by atoms with van der Waals surface area (Å²) < 4.78 is 19.6. The van der Waals surface area contributed by atoms with Crippen LogP contribution in [0.3, 0.4) is 0 Å². The van der Waals surface area contributed by atoms with Crippen LogP contribution >= 0.6 is 0 Å². The molecule has 0 saturated heterocycles. The standard InChI is InChI=1S/C30H33FN4O4/c31-26-8-2-4-10-28(26)39-25-13-11-24(12-14-25)35(21-30(38)34-18-5-7-23(32)16-19-34)20-29(37)33-17-15-22-6-1-3-9-27(22)36/h1-14,23,36H,15-21,32H2,(H,33,37). The van der Waals surface area contributed by atoms with Gasteiger partial charge >= 0.3 is 0 Å². The van der Waals surface area contributed by atoms with Gasteiger partial charge < -0.3 is 30.7 Å². The Labute approximate surface area is 227 Å². The molecule has 1 heterocycles. The van der Waals surface area contributed by atoms with Gasteiger partial charge in [0.05, 0.1) is 13.1 Å². The van der Waals surface area contributed by atoms with Crippen LogP contribution < -0.4 is 20.7 Å². The summed E-state index contributed by atoms with van der Waals surface area (Å²) in [6.45, 7) is 1.26. The van der Waals surface area contributed by atoms with Crippen molar-refractivity contribution < 1.29 is 23.8 Å². The van der Waals surface area contributed by atoms with Gasteiger partial charge in [-0.3, -0.25) is 9.59 Å². The summed E-state index contributed by atoms with van der Waals surface area (Å²) in [5.41, 5.74) is 7.37. The van der Waals surface area contributed by atoms with E-state index in [1.54, 1.807) is 64.4 Å². The zero-order chi connectivity index (χ0) is 27.6. The fraction of sp³-hybridized carbons (Fsp3) is 0.267. The van der Waals surface area contributed by atoms with E-state index < -0.39 is 5.82 Å². The number of rotatable bonds is 10. The third-order valence-corrected chi connectivity index (χ3v) is 6.43. The molecule has 204 valence electrons. The molecule has 1 unspecified atom stereocenters. The summed E-state index contributed by atoms with van der Waals surface area (Å²) in [7, 11) is 0. The number of ether oxygens (including phenoxy) is 1. The summed E-state index contributed by atoms with van der Waals surface area (Å²) in [5, 5.41) is 12.8. The van der Waals surface area contributed by atoms with Crippen molar-refractivity contribution in [3.63, 3.8) is 0 Å².